The largest absolute Gasteiger partial charge is 0.493 e. The lowest BCUT2D eigenvalue weighted by Crippen LogP contribution is -2.47. The van der Waals surface area contributed by atoms with Gasteiger partial charge in [-0.15, -0.1) is 0 Å². The third kappa shape index (κ3) is 3.77. The summed E-state index contributed by atoms with van der Waals surface area (Å²) in [5.74, 6) is 2.96. The van der Waals surface area contributed by atoms with Crippen molar-refractivity contribution in [3.8, 4) is 22.9 Å². The molecule has 1 saturated heterocycles. The zero-order chi connectivity index (χ0) is 21.9. The van der Waals surface area contributed by atoms with Crippen molar-refractivity contribution >= 4 is 22.4 Å². The van der Waals surface area contributed by atoms with E-state index < -0.39 is 0 Å². The highest BCUT2D eigenvalue weighted by molar-refractivity contribution is 5.93. The van der Waals surface area contributed by atoms with E-state index in [1.807, 2.05) is 54.9 Å². The molecule has 7 heteroatoms. The van der Waals surface area contributed by atoms with Crippen molar-refractivity contribution in [2.45, 2.75) is 0 Å². The van der Waals surface area contributed by atoms with E-state index in [-0.39, 0.29) is 0 Å². The number of rotatable bonds is 5. The molecule has 3 heterocycles. The fraction of sp³-hybridized carbons (Fsp3) is 0.240. The molecule has 1 fully saturated rings. The van der Waals surface area contributed by atoms with Gasteiger partial charge in [-0.05, 0) is 18.2 Å². The Morgan fingerprint density at radius 3 is 2.09 bits per heavy atom. The number of ether oxygens (including phenoxy) is 2. The van der Waals surface area contributed by atoms with Crippen molar-refractivity contribution in [2.75, 3.05) is 50.2 Å². The van der Waals surface area contributed by atoms with E-state index in [0.29, 0.717) is 17.3 Å². The van der Waals surface area contributed by atoms with E-state index in [1.54, 1.807) is 14.2 Å². The second-order valence-corrected chi connectivity index (χ2v) is 7.64. The summed E-state index contributed by atoms with van der Waals surface area (Å²) in [6.45, 7) is 3.53. The molecule has 32 heavy (non-hydrogen) atoms. The van der Waals surface area contributed by atoms with Crippen LogP contribution in [-0.2, 0) is 0 Å². The molecule has 0 bridgehead atoms. The van der Waals surface area contributed by atoms with Gasteiger partial charge in [0.1, 0.15) is 5.82 Å². The smallest absolute Gasteiger partial charge is 0.162 e. The summed E-state index contributed by atoms with van der Waals surface area (Å²) in [4.78, 5) is 18.7. The van der Waals surface area contributed by atoms with Crippen LogP contribution in [0.5, 0.6) is 11.5 Å². The first kappa shape index (κ1) is 20.1. The van der Waals surface area contributed by atoms with Crippen LogP contribution in [-0.4, -0.2) is 55.4 Å². The molecule has 4 aromatic rings. The van der Waals surface area contributed by atoms with Gasteiger partial charge in [0.15, 0.2) is 17.3 Å². The molecule has 2 aromatic carbocycles. The number of pyridine rings is 1. The van der Waals surface area contributed by atoms with Gasteiger partial charge < -0.3 is 19.3 Å². The molecule has 162 valence electrons. The third-order valence-corrected chi connectivity index (χ3v) is 5.82. The standard InChI is InChI=1S/C25H25N5O2/c1-31-22-16-20-21(17-23(22)32-2)27-24(18-6-4-3-5-7-18)28-25(20)30-14-12-29(13-15-30)19-8-10-26-11-9-19/h3-11,16-17H,12-15H2,1-2H3. The first-order chi connectivity index (χ1) is 15.8. The van der Waals surface area contributed by atoms with Crippen LogP contribution in [0.1, 0.15) is 0 Å². The average molecular weight is 428 g/mol. The van der Waals surface area contributed by atoms with Crippen LogP contribution in [0.15, 0.2) is 67.0 Å². The zero-order valence-corrected chi connectivity index (χ0v) is 18.2. The number of nitrogens with zero attached hydrogens (tertiary/aromatic N) is 5. The van der Waals surface area contributed by atoms with Gasteiger partial charge in [-0.25, -0.2) is 9.97 Å². The molecule has 0 radical (unpaired) electrons. The zero-order valence-electron chi connectivity index (χ0n) is 18.2. The van der Waals surface area contributed by atoms with Crippen molar-refractivity contribution in [2.24, 2.45) is 0 Å². The third-order valence-electron chi connectivity index (χ3n) is 5.82. The molecule has 0 aliphatic carbocycles. The lowest BCUT2D eigenvalue weighted by atomic mass is 10.1. The SMILES string of the molecule is COc1cc2nc(-c3ccccc3)nc(N3CCN(c4ccncc4)CC3)c2cc1OC. The minimum Gasteiger partial charge on any atom is -0.493 e. The lowest BCUT2D eigenvalue weighted by molar-refractivity contribution is 0.356. The predicted molar refractivity (Wildman–Crippen MR) is 127 cm³/mol. The molecule has 0 amide bonds. The Labute approximate surface area is 187 Å². The minimum atomic E-state index is 0.658. The summed E-state index contributed by atoms with van der Waals surface area (Å²) in [5.41, 5.74) is 3.02. The van der Waals surface area contributed by atoms with Gasteiger partial charge >= 0.3 is 0 Å². The number of methoxy groups -OCH3 is 2. The fourth-order valence-corrected chi connectivity index (χ4v) is 4.13. The van der Waals surface area contributed by atoms with Crippen LogP contribution < -0.4 is 19.3 Å². The number of hydrogen-bond acceptors (Lipinski definition) is 7. The van der Waals surface area contributed by atoms with Gasteiger partial charge in [-0.1, -0.05) is 30.3 Å². The topological polar surface area (TPSA) is 63.6 Å². The molecule has 0 saturated carbocycles. The average Bonchev–Trinajstić information content (AvgIpc) is 2.88. The highest BCUT2D eigenvalue weighted by Gasteiger charge is 2.23. The van der Waals surface area contributed by atoms with Gasteiger partial charge in [0.25, 0.3) is 0 Å². The Bertz CT molecular complexity index is 1210. The maximum Gasteiger partial charge on any atom is 0.162 e. The number of anilines is 2. The predicted octanol–water partition coefficient (Wildman–Crippen LogP) is 4.04. The quantitative estimate of drug-likeness (QED) is 0.476. The van der Waals surface area contributed by atoms with Crippen LogP contribution in [0.25, 0.3) is 22.3 Å². The molecular weight excluding hydrogens is 402 g/mol. The molecule has 2 aromatic heterocycles. The van der Waals surface area contributed by atoms with Crippen LogP contribution >= 0.6 is 0 Å². The summed E-state index contributed by atoms with van der Waals surface area (Å²) in [6.07, 6.45) is 3.68. The highest BCUT2D eigenvalue weighted by atomic mass is 16.5. The van der Waals surface area contributed by atoms with Gasteiger partial charge in [0.2, 0.25) is 0 Å². The summed E-state index contributed by atoms with van der Waals surface area (Å²) in [7, 11) is 3.29. The Kier molecular flexibility index (Phi) is 5.46. The summed E-state index contributed by atoms with van der Waals surface area (Å²) in [5, 5.41) is 0.958. The molecule has 5 rings (SSSR count). The first-order valence-electron chi connectivity index (χ1n) is 10.7. The van der Waals surface area contributed by atoms with Crippen LogP contribution in [0.2, 0.25) is 0 Å². The number of hydrogen-bond donors (Lipinski definition) is 0. The van der Waals surface area contributed by atoms with Gasteiger partial charge in [-0.2, -0.15) is 0 Å². The van der Waals surface area contributed by atoms with Crippen molar-refractivity contribution < 1.29 is 9.47 Å². The normalized spacial score (nSPS) is 13.9. The van der Waals surface area contributed by atoms with Crippen LogP contribution in [0, 0.1) is 0 Å². The second kappa shape index (κ2) is 8.70. The van der Waals surface area contributed by atoms with E-state index in [9.17, 15) is 0 Å². The highest BCUT2D eigenvalue weighted by Crippen LogP contribution is 2.36. The van der Waals surface area contributed by atoms with E-state index in [1.165, 1.54) is 5.69 Å². The maximum absolute atomic E-state index is 5.56. The summed E-state index contributed by atoms with van der Waals surface area (Å²) >= 11 is 0. The Morgan fingerprint density at radius 2 is 1.41 bits per heavy atom. The number of fused-ring (bicyclic) bond motifs is 1. The molecule has 1 aliphatic rings. The van der Waals surface area contributed by atoms with E-state index >= 15 is 0 Å². The van der Waals surface area contributed by atoms with Crippen LogP contribution in [0.4, 0.5) is 11.5 Å². The Morgan fingerprint density at radius 1 is 0.750 bits per heavy atom. The number of piperazine rings is 1. The number of benzene rings is 2. The lowest BCUT2D eigenvalue weighted by Gasteiger charge is -2.37. The van der Waals surface area contributed by atoms with Gasteiger partial charge in [0.05, 0.1) is 19.7 Å². The van der Waals surface area contributed by atoms with Gasteiger partial charge in [-0.3, -0.25) is 4.98 Å². The summed E-state index contributed by atoms with van der Waals surface area (Å²) in [6, 6.07) is 18.1. The van der Waals surface area contributed by atoms with Gasteiger partial charge in [0, 0.05) is 61.3 Å². The van der Waals surface area contributed by atoms with Crippen molar-refractivity contribution in [1.29, 1.82) is 0 Å². The van der Waals surface area contributed by atoms with Crippen molar-refractivity contribution in [1.82, 2.24) is 15.0 Å². The van der Waals surface area contributed by atoms with E-state index in [2.05, 4.69) is 26.9 Å². The van der Waals surface area contributed by atoms with E-state index in [4.69, 9.17) is 19.4 Å². The molecule has 0 unspecified atom stereocenters. The fourth-order valence-electron chi connectivity index (χ4n) is 4.13. The molecule has 0 N–H and O–H groups in total. The Hall–Kier alpha value is -3.87. The maximum atomic E-state index is 5.56. The summed E-state index contributed by atoms with van der Waals surface area (Å²) < 4.78 is 11.1. The molecule has 0 atom stereocenters. The first-order valence-corrected chi connectivity index (χ1v) is 10.7. The monoisotopic (exact) mass is 427 g/mol. The molecule has 7 nitrogen and oxygen atoms in total. The van der Waals surface area contributed by atoms with Crippen molar-refractivity contribution in [3.05, 3.63) is 67.0 Å². The molecule has 1 aliphatic heterocycles. The number of aromatic nitrogens is 3. The second-order valence-electron chi connectivity index (χ2n) is 7.64. The Balaban J connectivity index is 1.56. The molecule has 0 spiro atoms. The minimum absolute atomic E-state index is 0.658. The molecular formula is C25H25N5O2. The van der Waals surface area contributed by atoms with Crippen LogP contribution in [0.3, 0.4) is 0 Å². The van der Waals surface area contributed by atoms with E-state index in [0.717, 1.165) is 48.5 Å². The van der Waals surface area contributed by atoms with Crippen molar-refractivity contribution in [3.63, 3.8) is 0 Å².